The average Bonchev–Trinajstić information content (AvgIpc) is 3.15. The fourth-order valence-corrected chi connectivity index (χ4v) is 5.09. The Kier molecular flexibility index (Phi) is 5.06. The molecule has 0 unspecified atom stereocenters. The average molecular weight is 378 g/mol. The summed E-state index contributed by atoms with van der Waals surface area (Å²) >= 11 is 0. The second-order valence-corrected chi connectivity index (χ2v) is 8.14. The number of piperazine rings is 1. The minimum Gasteiger partial charge on any atom is -0.497 e. The summed E-state index contributed by atoms with van der Waals surface area (Å²) in [5, 5.41) is 0. The van der Waals surface area contributed by atoms with Crippen molar-refractivity contribution >= 4 is 15.9 Å². The lowest BCUT2D eigenvalue weighted by Crippen LogP contribution is -2.50. The normalized spacial score (nSPS) is 15.9. The number of hydrogen-bond donors (Lipinski definition) is 0. The smallest absolute Gasteiger partial charge is 0.289 e. The number of furan rings is 1. The molecular weight excluding hydrogens is 356 g/mol. The number of carbonyl (C=O) groups excluding carboxylic acids is 1. The van der Waals surface area contributed by atoms with Gasteiger partial charge in [-0.2, -0.15) is 4.31 Å². The molecule has 26 heavy (non-hydrogen) atoms. The van der Waals surface area contributed by atoms with Gasteiger partial charge in [0.2, 0.25) is 10.0 Å². The lowest BCUT2D eigenvalue weighted by molar-refractivity contribution is 0.0666. The highest BCUT2D eigenvalue weighted by Gasteiger charge is 2.33. The molecule has 0 radical (unpaired) electrons. The van der Waals surface area contributed by atoms with Crippen molar-refractivity contribution in [2.45, 2.75) is 18.7 Å². The van der Waals surface area contributed by atoms with E-state index in [9.17, 15) is 13.2 Å². The number of carbonyl (C=O) groups is 1. The molecule has 140 valence electrons. The van der Waals surface area contributed by atoms with Crippen LogP contribution in [0.2, 0.25) is 0 Å². The highest BCUT2D eigenvalue weighted by molar-refractivity contribution is 7.89. The Morgan fingerprint density at radius 1 is 1.12 bits per heavy atom. The number of rotatable bonds is 4. The first-order valence-electron chi connectivity index (χ1n) is 8.32. The van der Waals surface area contributed by atoms with Crippen molar-refractivity contribution in [3.05, 3.63) is 47.4 Å². The van der Waals surface area contributed by atoms with E-state index < -0.39 is 10.0 Å². The summed E-state index contributed by atoms with van der Waals surface area (Å²) in [4.78, 5) is 14.2. The quantitative estimate of drug-likeness (QED) is 0.813. The molecular formula is C18H22N2O5S. The summed E-state index contributed by atoms with van der Waals surface area (Å²) in [7, 11) is -2.08. The molecule has 0 spiro atoms. The van der Waals surface area contributed by atoms with Crippen LogP contribution < -0.4 is 4.74 Å². The van der Waals surface area contributed by atoms with E-state index in [0.717, 1.165) is 0 Å². The van der Waals surface area contributed by atoms with E-state index in [0.29, 0.717) is 34.9 Å². The summed E-state index contributed by atoms with van der Waals surface area (Å²) in [6.45, 7) is 4.68. The zero-order valence-electron chi connectivity index (χ0n) is 15.1. The molecule has 1 aliphatic heterocycles. The van der Waals surface area contributed by atoms with Crippen LogP contribution in [0.3, 0.4) is 0 Å². The number of hydrogen-bond acceptors (Lipinski definition) is 5. The monoisotopic (exact) mass is 378 g/mol. The van der Waals surface area contributed by atoms with Crippen molar-refractivity contribution in [2.24, 2.45) is 0 Å². The van der Waals surface area contributed by atoms with E-state index in [4.69, 9.17) is 9.15 Å². The number of amides is 1. The van der Waals surface area contributed by atoms with Gasteiger partial charge in [0.05, 0.1) is 18.3 Å². The zero-order chi connectivity index (χ0) is 18.9. The van der Waals surface area contributed by atoms with E-state index in [1.54, 1.807) is 50.1 Å². The molecule has 1 aliphatic rings. The fraction of sp³-hybridized carbons (Fsp3) is 0.389. The van der Waals surface area contributed by atoms with Crippen LogP contribution in [0.1, 0.15) is 21.7 Å². The molecule has 0 atom stereocenters. The zero-order valence-corrected chi connectivity index (χ0v) is 15.9. The Morgan fingerprint density at radius 2 is 1.73 bits per heavy atom. The van der Waals surface area contributed by atoms with Crippen LogP contribution in [-0.4, -0.2) is 56.8 Å². The van der Waals surface area contributed by atoms with Crippen molar-refractivity contribution < 1.29 is 22.4 Å². The molecule has 0 aliphatic carbocycles. The lowest BCUT2D eigenvalue weighted by Gasteiger charge is -2.34. The number of methoxy groups -OCH3 is 1. The van der Waals surface area contributed by atoms with Gasteiger partial charge in [0.1, 0.15) is 5.75 Å². The minimum absolute atomic E-state index is 0.219. The van der Waals surface area contributed by atoms with Gasteiger partial charge in [-0.25, -0.2) is 8.42 Å². The van der Waals surface area contributed by atoms with Crippen molar-refractivity contribution in [3.63, 3.8) is 0 Å². The highest BCUT2D eigenvalue weighted by atomic mass is 32.2. The van der Waals surface area contributed by atoms with Crippen LogP contribution in [0.15, 0.2) is 39.8 Å². The summed E-state index contributed by atoms with van der Waals surface area (Å²) < 4.78 is 38.0. The summed E-state index contributed by atoms with van der Waals surface area (Å²) in [6, 6.07) is 6.70. The molecule has 2 aromatic rings. The fourth-order valence-electron chi connectivity index (χ4n) is 3.25. The third kappa shape index (κ3) is 3.34. The van der Waals surface area contributed by atoms with Gasteiger partial charge in [0.15, 0.2) is 5.76 Å². The second-order valence-electron chi connectivity index (χ2n) is 6.26. The highest BCUT2D eigenvalue weighted by Crippen LogP contribution is 2.28. The van der Waals surface area contributed by atoms with E-state index in [1.807, 2.05) is 0 Å². The number of sulfonamides is 1. The van der Waals surface area contributed by atoms with Gasteiger partial charge in [0, 0.05) is 26.2 Å². The third-order valence-corrected chi connectivity index (χ3v) is 6.73. The maximum Gasteiger partial charge on any atom is 0.289 e. The standard InChI is InChI=1S/C18H22N2O5S/c1-13-11-15(24-3)12-14(2)17(13)26(22,23)20-8-6-19(7-9-20)18(21)16-5-4-10-25-16/h4-5,10-12H,6-9H2,1-3H3. The van der Waals surface area contributed by atoms with Gasteiger partial charge < -0.3 is 14.1 Å². The maximum absolute atomic E-state index is 13.1. The van der Waals surface area contributed by atoms with E-state index >= 15 is 0 Å². The van der Waals surface area contributed by atoms with Crippen LogP contribution in [0.5, 0.6) is 5.75 Å². The number of benzene rings is 1. The van der Waals surface area contributed by atoms with Crippen LogP contribution in [0.25, 0.3) is 0 Å². The van der Waals surface area contributed by atoms with Gasteiger partial charge in [-0.3, -0.25) is 4.79 Å². The first-order chi connectivity index (χ1) is 12.3. The lowest BCUT2D eigenvalue weighted by atomic mass is 10.1. The molecule has 1 aromatic heterocycles. The van der Waals surface area contributed by atoms with E-state index in [1.165, 1.54) is 10.6 Å². The molecule has 8 heteroatoms. The minimum atomic E-state index is -3.63. The first-order valence-corrected chi connectivity index (χ1v) is 9.76. The molecule has 0 bridgehead atoms. The summed E-state index contributed by atoms with van der Waals surface area (Å²) in [5.41, 5.74) is 1.30. The van der Waals surface area contributed by atoms with Crippen LogP contribution in [0, 0.1) is 13.8 Å². The van der Waals surface area contributed by atoms with Gasteiger partial charge in [-0.15, -0.1) is 0 Å². The SMILES string of the molecule is COc1cc(C)c(S(=O)(=O)N2CCN(C(=O)c3ccco3)CC2)c(C)c1. The molecule has 0 saturated carbocycles. The number of aryl methyl sites for hydroxylation is 2. The number of ether oxygens (including phenoxy) is 1. The van der Waals surface area contributed by atoms with Gasteiger partial charge in [-0.05, 0) is 49.2 Å². The van der Waals surface area contributed by atoms with Crippen LogP contribution in [0.4, 0.5) is 0 Å². The predicted molar refractivity (Wildman–Crippen MR) is 95.8 cm³/mol. The Hall–Kier alpha value is -2.32. The molecule has 2 heterocycles. The van der Waals surface area contributed by atoms with Crippen LogP contribution in [-0.2, 0) is 10.0 Å². The molecule has 1 amide bonds. The van der Waals surface area contributed by atoms with Crippen molar-refractivity contribution in [2.75, 3.05) is 33.3 Å². The Morgan fingerprint density at radius 3 is 2.23 bits per heavy atom. The van der Waals surface area contributed by atoms with Crippen LogP contribution >= 0.6 is 0 Å². The van der Waals surface area contributed by atoms with E-state index in [2.05, 4.69) is 0 Å². The molecule has 1 saturated heterocycles. The van der Waals surface area contributed by atoms with E-state index in [-0.39, 0.29) is 24.8 Å². The molecule has 1 aromatic carbocycles. The largest absolute Gasteiger partial charge is 0.497 e. The first kappa shape index (κ1) is 18.5. The Labute approximate surface area is 153 Å². The third-order valence-electron chi connectivity index (χ3n) is 4.53. The molecule has 0 N–H and O–H groups in total. The van der Waals surface area contributed by atoms with Crippen molar-refractivity contribution in [1.29, 1.82) is 0 Å². The van der Waals surface area contributed by atoms with Gasteiger partial charge in [-0.1, -0.05) is 0 Å². The second kappa shape index (κ2) is 7.13. The summed E-state index contributed by atoms with van der Waals surface area (Å²) in [6.07, 6.45) is 1.45. The van der Waals surface area contributed by atoms with Crippen molar-refractivity contribution in [3.8, 4) is 5.75 Å². The van der Waals surface area contributed by atoms with Gasteiger partial charge in [0.25, 0.3) is 5.91 Å². The number of nitrogens with zero attached hydrogens (tertiary/aromatic N) is 2. The van der Waals surface area contributed by atoms with Crippen molar-refractivity contribution in [1.82, 2.24) is 9.21 Å². The predicted octanol–water partition coefficient (Wildman–Crippen LogP) is 2.05. The molecule has 3 rings (SSSR count). The maximum atomic E-state index is 13.1. The molecule has 1 fully saturated rings. The Balaban J connectivity index is 1.78. The topological polar surface area (TPSA) is 80.1 Å². The molecule has 7 nitrogen and oxygen atoms in total. The summed E-state index contributed by atoms with van der Waals surface area (Å²) in [5.74, 6) is 0.680. The Bertz CT molecular complexity index is 875. The van der Waals surface area contributed by atoms with Gasteiger partial charge >= 0.3 is 0 Å².